The summed E-state index contributed by atoms with van der Waals surface area (Å²) in [6, 6.07) is 0.754. The highest BCUT2D eigenvalue weighted by Gasteiger charge is 2.36. The van der Waals surface area contributed by atoms with Gasteiger partial charge in [-0.2, -0.15) is 0 Å². The van der Waals surface area contributed by atoms with Gasteiger partial charge in [-0.25, -0.2) is 0 Å². The fourth-order valence-corrected chi connectivity index (χ4v) is 2.70. The number of rotatable bonds is 8. The Morgan fingerprint density at radius 2 is 1.69 bits per heavy atom. The molecule has 5 heteroatoms. The molecule has 0 aliphatic heterocycles. The van der Waals surface area contributed by atoms with Crippen molar-refractivity contribution in [2.24, 2.45) is 0 Å². The van der Waals surface area contributed by atoms with Gasteiger partial charge < -0.3 is 18.0 Å². The summed E-state index contributed by atoms with van der Waals surface area (Å²) >= 11 is 0. The Morgan fingerprint density at radius 3 is 2.08 bits per heavy atom. The second-order valence-electron chi connectivity index (χ2n) is 2.44. The van der Waals surface area contributed by atoms with Crippen LogP contribution in [0, 0.1) is 0 Å². The van der Waals surface area contributed by atoms with Crippen molar-refractivity contribution < 1.29 is 18.0 Å². The van der Waals surface area contributed by atoms with Gasteiger partial charge in [-0.05, 0) is 6.42 Å². The maximum absolute atomic E-state index is 5.23. The van der Waals surface area contributed by atoms with E-state index in [0.717, 1.165) is 12.5 Å². The minimum atomic E-state index is -2.38. The van der Waals surface area contributed by atoms with Crippen LogP contribution in [-0.4, -0.2) is 36.7 Å². The molecule has 13 heavy (non-hydrogen) atoms. The van der Waals surface area contributed by atoms with Crippen LogP contribution in [0.2, 0.25) is 6.04 Å². The molecule has 0 bridgehead atoms. The summed E-state index contributed by atoms with van der Waals surface area (Å²) in [6.45, 7) is 4.07. The third-order valence-corrected chi connectivity index (χ3v) is 4.63. The smallest absolute Gasteiger partial charge is 0.500 e. The minimum Gasteiger partial charge on any atom is -0.502 e. The van der Waals surface area contributed by atoms with Crippen LogP contribution in [0.1, 0.15) is 6.42 Å². The molecule has 0 aromatic rings. The Morgan fingerprint density at radius 1 is 1.15 bits per heavy atom. The lowest BCUT2D eigenvalue weighted by molar-refractivity contribution is 0.119. The van der Waals surface area contributed by atoms with Crippen molar-refractivity contribution in [2.45, 2.75) is 12.5 Å². The summed E-state index contributed by atoms with van der Waals surface area (Å²) < 4.78 is 20.7. The molecule has 0 aliphatic rings. The van der Waals surface area contributed by atoms with Gasteiger partial charge in [0.1, 0.15) is 0 Å². The highest BCUT2D eigenvalue weighted by atomic mass is 28.4. The largest absolute Gasteiger partial charge is 0.502 e. The Hall–Kier alpha value is -0.363. The first-order valence-electron chi connectivity index (χ1n) is 4.12. The van der Waals surface area contributed by atoms with Crippen LogP contribution in [0.15, 0.2) is 12.8 Å². The van der Waals surface area contributed by atoms with Crippen LogP contribution in [0.4, 0.5) is 0 Å². The van der Waals surface area contributed by atoms with Crippen LogP contribution in [0.25, 0.3) is 0 Å². The summed E-state index contributed by atoms with van der Waals surface area (Å²) in [4.78, 5) is 0. The summed E-state index contributed by atoms with van der Waals surface area (Å²) in [5, 5.41) is 0. The normalized spacial score (nSPS) is 11.3. The predicted octanol–water partition coefficient (Wildman–Crippen LogP) is 1.41. The summed E-state index contributed by atoms with van der Waals surface area (Å²) in [7, 11) is 2.43. The molecule has 0 aromatic carbocycles. The molecule has 0 saturated heterocycles. The summed E-state index contributed by atoms with van der Waals surface area (Å²) in [6.07, 6.45) is 2.27. The molecule has 0 N–H and O–H groups in total. The van der Waals surface area contributed by atoms with E-state index < -0.39 is 8.80 Å². The third kappa shape index (κ3) is 4.42. The third-order valence-electron chi connectivity index (χ3n) is 1.80. The van der Waals surface area contributed by atoms with Crippen molar-refractivity contribution >= 4 is 8.80 Å². The molecule has 4 nitrogen and oxygen atoms in total. The second kappa shape index (κ2) is 7.08. The molecule has 0 aliphatic carbocycles. The SMILES string of the molecule is C=COCCC[Si](OC)(OC)OC. The fourth-order valence-electron chi connectivity index (χ4n) is 1.01. The van der Waals surface area contributed by atoms with Crippen molar-refractivity contribution in [3.63, 3.8) is 0 Å². The standard InChI is InChI=1S/C8H18O4Si/c1-5-12-7-6-8-13(9-2,10-3)11-4/h5H,1,6-8H2,2-4H3. The van der Waals surface area contributed by atoms with Crippen molar-refractivity contribution in [3.8, 4) is 0 Å². The first-order chi connectivity index (χ1) is 6.24. The summed E-state index contributed by atoms with van der Waals surface area (Å²) in [5.41, 5.74) is 0. The molecular formula is C8H18O4Si. The number of hydrogen-bond acceptors (Lipinski definition) is 4. The van der Waals surface area contributed by atoms with Gasteiger partial charge in [0.2, 0.25) is 0 Å². The van der Waals surface area contributed by atoms with Gasteiger partial charge in [-0.1, -0.05) is 6.58 Å². The topological polar surface area (TPSA) is 36.9 Å². The van der Waals surface area contributed by atoms with E-state index in [1.807, 2.05) is 0 Å². The maximum atomic E-state index is 5.23. The van der Waals surface area contributed by atoms with E-state index in [-0.39, 0.29) is 0 Å². The number of hydrogen-bond donors (Lipinski definition) is 0. The second-order valence-corrected chi connectivity index (χ2v) is 5.53. The van der Waals surface area contributed by atoms with E-state index in [0.29, 0.717) is 6.61 Å². The Balaban J connectivity index is 3.74. The molecule has 78 valence electrons. The first kappa shape index (κ1) is 12.6. The van der Waals surface area contributed by atoms with E-state index in [2.05, 4.69) is 6.58 Å². The van der Waals surface area contributed by atoms with Crippen LogP contribution >= 0.6 is 0 Å². The highest BCUT2D eigenvalue weighted by Crippen LogP contribution is 2.14. The number of ether oxygens (including phenoxy) is 1. The molecule has 0 spiro atoms. The first-order valence-corrected chi connectivity index (χ1v) is 6.06. The van der Waals surface area contributed by atoms with Crippen LogP contribution in [0.3, 0.4) is 0 Å². The zero-order valence-corrected chi connectivity index (χ0v) is 9.54. The summed E-state index contributed by atoms with van der Waals surface area (Å²) in [5.74, 6) is 0. The van der Waals surface area contributed by atoms with Gasteiger partial charge >= 0.3 is 8.80 Å². The van der Waals surface area contributed by atoms with Gasteiger partial charge in [-0.15, -0.1) is 0 Å². The molecule has 0 heterocycles. The Labute approximate surface area is 80.8 Å². The molecule has 0 saturated carbocycles. The molecular weight excluding hydrogens is 188 g/mol. The lowest BCUT2D eigenvalue weighted by Gasteiger charge is -2.23. The maximum Gasteiger partial charge on any atom is 0.500 e. The Kier molecular flexibility index (Phi) is 6.88. The van der Waals surface area contributed by atoms with Crippen molar-refractivity contribution in [1.29, 1.82) is 0 Å². The van der Waals surface area contributed by atoms with Crippen LogP contribution in [0.5, 0.6) is 0 Å². The van der Waals surface area contributed by atoms with Crippen molar-refractivity contribution in [2.75, 3.05) is 27.9 Å². The van der Waals surface area contributed by atoms with E-state index >= 15 is 0 Å². The molecule has 0 fully saturated rings. The zero-order valence-electron chi connectivity index (χ0n) is 8.54. The monoisotopic (exact) mass is 206 g/mol. The lowest BCUT2D eigenvalue weighted by Crippen LogP contribution is -2.42. The average molecular weight is 206 g/mol. The molecule has 0 rings (SSSR count). The van der Waals surface area contributed by atoms with Gasteiger partial charge in [0, 0.05) is 27.4 Å². The van der Waals surface area contributed by atoms with E-state index in [4.69, 9.17) is 18.0 Å². The van der Waals surface area contributed by atoms with Gasteiger partial charge in [0.05, 0.1) is 12.9 Å². The fraction of sp³-hybridized carbons (Fsp3) is 0.750. The molecule has 0 atom stereocenters. The van der Waals surface area contributed by atoms with Crippen molar-refractivity contribution in [1.82, 2.24) is 0 Å². The van der Waals surface area contributed by atoms with E-state index in [1.165, 1.54) is 6.26 Å². The highest BCUT2D eigenvalue weighted by molar-refractivity contribution is 6.60. The quantitative estimate of drug-likeness (QED) is 0.342. The van der Waals surface area contributed by atoms with E-state index in [1.54, 1.807) is 21.3 Å². The van der Waals surface area contributed by atoms with Gasteiger partial charge in [0.15, 0.2) is 0 Å². The van der Waals surface area contributed by atoms with Gasteiger partial charge in [0.25, 0.3) is 0 Å². The Bertz CT molecular complexity index is 128. The predicted molar refractivity (Wildman–Crippen MR) is 52.4 cm³/mol. The minimum absolute atomic E-state index is 0.619. The van der Waals surface area contributed by atoms with Crippen LogP contribution in [-0.2, 0) is 18.0 Å². The lowest BCUT2D eigenvalue weighted by atomic mass is 10.5. The average Bonchev–Trinajstić information content (AvgIpc) is 2.20. The molecule has 0 radical (unpaired) electrons. The zero-order chi connectivity index (χ0) is 10.2. The van der Waals surface area contributed by atoms with Crippen LogP contribution < -0.4 is 0 Å². The van der Waals surface area contributed by atoms with Crippen molar-refractivity contribution in [3.05, 3.63) is 12.8 Å². The molecule has 0 unspecified atom stereocenters. The molecule has 0 aromatic heterocycles. The van der Waals surface area contributed by atoms with Gasteiger partial charge in [-0.3, -0.25) is 0 Å². The molecule has 0 amide bonds. The van der Waals surface area contributed by atoms with E-state index in [9.17, 15) is 0 Å².